The van der Waals surface area contributed by atoms with Gasteiger partial charge in [0.2, 0.25) is 0 Å². The van der Waals surface area contributed by atoms with E-state index < -0.39 is 0 Å². The fraction of sp³-hybridized carbons (Fsp3) is 0.696. The summed E-state index contributed by atoms with van der Waals surface area (Å²) in [5, 5.41) is 3.76. The van der Waals surface area contributed by atoms with Crippen molar-refractivity contribution < 1.29 is 0 Å². The Morgan fingerprint density at radius 1 is 1.08 bits per heavy atom. The largest absolute Gasteiger partial charge is 0.367 e. The van der Waals surface area contributed by atoms with Crippen LogP contribution in [0.1, 0.15) is 102 Å². The second kappa shape index (κ2) is 6.78. The number of rotatable bonds is 2. The first-order valence-corrected chi connectivity index (χ1v) is 10.2. The first-order chi connectivity index (χ1) is 11.7. The van der Waals surface area contributed by atoms with Crippen molar-refractivity contribution in [3.8, 4) is 0 Å². The second-order valence-corrected chi connectivity index (χ2v) is 9.73. The van der Waals surface area contributed by atoms with Crippen LogP contribution in [-0.4, -0.2) is 12.4 Å². The zero-order chi connectivity index (χ0) is 18.2. The average molecular weight is 341 g/mol. The van der Waals surface area contributed by atoms with Crippen LogP contribution in [0.2, 0.25) is 0 Å². The van der Waals surface area contributed by atoms with Crippen LogP contribution in [0.15, 0.2) is 17.1 Å². The van der Waals surface area contributed by atoms with Gasteiger partial charge in [-0.2, -0.15) is 0 Å². The van der Waals surface area contributed by atoms with E-state index in [4.69, 9.17) is 4.99 Å². The zero-order valence-corrected chi connectivity index (χ0v) is 17.1. The van der Waals surface area contributed by atoms with Crippen LogP contribution in [0.4, 0.5) is 0 Å². The van der Waals surface area contributed by atoms with Gasteiger partial charge in [-0.3, -0.25) is 4.99 Å². The van der Waals surface area contributed by atoms with Crippen molar-refractivity contribution in [1.82, 2.24) is 5.32 Å². The molecule has 25 heavy (non-hydrogen) atoms. The molecule has 0 fully saturated rings. The number of amidine groups is 1. The van der Waals surface area contributed by atoms with Crippen molar-refractivity contribution in [2.75, 3.05) is 6.54 Å². The molecule has 0 bridgehead atoms. The third-order valence-electron chi connectivity index (χ3n) is 6.10. The predicted octanol–water partition coefficient (Wildman–Crippen LogP) is 5.83. The summed E-state index contributed by atoms with van der Waals surface area (Å²) in [5.41, 5.74) is 6.61. The Morgan fingerprint density at radius 3 is 2.56 bits per heavy atom. The SMILES string of the molecule is CC(NC1=NCCCCC1)c1cc(C(C)(C)C)cc2c1CCC2(C)C. The Bertz CT molecular complexity index is 661. The summed E-state index contributed by atoms with van der Waals surface area (Å²) in [6.45, 7) is 15.1. The van der Waals surface area contributed by atoms with E-state index in [1.54, 1.807) is 11.1 Å². The molecule has 2 aliphatic rings. The topological polar surface area (TPSA) is 24.4 Å². The molecular weight excluding hydrogens is 304 g/mol. The maximum Gasteiger partial charge on any atom is 0.0967 e. The highest BCUT2D eigenvalue weighted by molar-refractivity contribution is 5.82. The molecule has 1 atom stereocenters. The van der Waals surface area contributed by atoms with Crippen molar-refractivity contribution in [2.45, 2.75) is 96.9 Å². The van der Waals surface area contributed by atoms with Crippen molar-refractivity contribution in [2.24, 2.45) is 4.99 Å². The lowest BCUT2D eigenvalue weighted by Crippen LogP contribution is -2.28. The van der Waals surface area contributed by atoms with E-state index in [1.165, 1.54) is 49.1 Å². The minimum atomic E-state index is 0.183. The molecule has 1 unspecified atom stereocenters. The monoisotopic (exact) mass is 340 g/mol. The summed E-state index contributed by atoms with van der Waals surface area (Å²) in [4.78, 5) is 4.79. The van der Waals surface area contributed by atoms with Gasteiger partial charge in [-0.25, -0.2) is 0 Å². The smallest absolute Gasteiger partial charge is 0.0967 e. The van der Waals surface area contributed by atoms with Gasteiger partial charge >= 0.3 is 0 Å². The summed E-state index contributed by atoms with van der Waals surface area (Å²) in [7, 11) is 0. The molecule has 0 aromatic heterocycles. The molecule has 138 valence electrons. The van der Waals surface area contributed by atoms with Crippen LogP contribution < -0.4 is 5.32 Å². The molecule has 0 radical (unpaired) electrons. The average Bonchev–Trinajstić information content (AvgIpc) is 2.71. The quantitative estimate of drug-likeness (QED) is 0.719. The molecule has 0 amide bonds. The van der Waals surface area contributed by atoms with Gasteiger partial charge < -0.3 is 5.32 Å². The lowest BCUT2D eigenvalue weighted by atomic mass is 9.79. The fourth-order valence-electron chi connectivity index (χ4n) is 4.29. The predicted molar refractivity (Wildman–Crippen MR) is 109 cm³/mol. The minimum absolute atomic E-state index is 0.183. The Morgan fingerprint density at radius 2 is 1.84 bits per heavy atom. The highest BCUT2D eigenvalue weighted by Gasteiger charge is 2.34. The number of hydrogen-bond donors (Lipinski definition) is 1. The van der Waals surface area contributed by atoms with Gasteiger partial charge in [-0.15, -0.1) is 0 Å². The van der Waals surface area contributed by atoms with E-state index in [-0.39, 0.29) is 5.41 Å². The summed E-state index contributed by atoms with van der Waals surface area (Å²) < 4.78 is 0. The number of fused-ring (bicyclic) bond motifs is 1. The molecule has 1 aromatic carbocycles. The van der Waals surface area contributed by atoms with E-state index in [1.807, 2.05) is 0 Å². The summed E-state index contributed by atoms with van der Waals surface area (Å²) >= 11 is 0. The van der Waals surface area contributed by atoms with Gasteiger partial charge in [0, 0.05) is 19.0 Å². The Labute approximate surface area is 154 Å². The molecule has 1 N–H and O–H groups in total. The Balaban J connectivity index is 1.97. The van der Waals surface area contributed by atoms with Gasteiger partial charge in [0.05, 0.1) is 5.84 Å². The van der Waals surface area contributed by atoms with Gasteiger partial charge in [0.25, 0.3) is 0 Å². The molecule has 1 aromatic rings. The molecule has 3 rings (SSSR count). The first kappa shape index (κ1) is 18.5. The van der Waals surface area contributed by atoms with Crippen molar-refractivity contribution in [3.05, 3.63) is 34.4 Å². The van der Waals surface area contributed by atoms with Crippen LogP contribution in [0.5, 0.6) is 0 Å². The molecule has 1 aliphatic heterocycles. The third kappa shape index (κ3) is 3.93. The summed E-state index contributed by atoms with van der Waals surface area (Å²) in [5.74, 6) is 1.22. The van der Waals surface area contributed by atoms with Crippen molar-refractivity contribution in [1.29, 1.82) is 0 Å². The second-order valence-electron chi connectivity index (χ2n) is 9.73. The molecule has 2 heteroatoms. The van der Waals surface area contributed by atoms with Gasteiger partial charge in [0.1, 0.15) is 0 Å². The van der Waals surface area contributed by atoms with Gasteiger partial charge in [-0.1, -0.05) is 53.2 Å². The van der Waals surface area contributed by atoms with E-state index in [9.17, 15) is 0 Å². The van der Waals surface area contributed by atoms with Crippen molar-refractivity contribution >= 4 is 5.84 Å². The lowest BCUT2D eigenvalue weighted by molar-refractivity contribution is 0.519. The van der Waals surface area contributed by atoms with Crippen molar-refractivity contribution in [3.63, 3.8) is 0 Å². The van der Waals surface area contributed by atoms with E-state index in [2.05, 4.69) is 59.0 Å². The van der Waals surface area contributed by atoms with E-state index >= 15 is 0 Å². The van der Waals surface area contributed by atoms with Gasteiger partial charge in [0.15, 0.2) is 0 Å². The van der Waals surface area contributed by atoms with Gasteiger partial charge in [-0.05, 0) is 65.7 Å². The van der Waals surface area contributed by atoms with Crippen LogP contribution in [0.3, 0.4) is 0 Å². The highest BCUT2D eigenvalue weighted by atomic mass is 15.0. The highest BCUT2D eigenvalue weighted by Crippen LogP contribution is 2.43. The molecule has 2 nitrogen and oxygen atoms in total. The number of hydrogen-bond acceptors (Lipinski definition) is 2. The first-order valence-electron chi connectivity index (χ1n) is 10.2. The number of benzene rings is 1. The van der Waals surface area contributed by atoms with Crippen LogP contribution in [0.25, 0.3) is 0 Å². The maximum absolute atomic E-state index is 4.79. The standard InChI is InChI=1S/C23H36N2/c1-16(25-21-10-8-7-9-13-24-21)19-14-17(22(2,3)4)15-20-18(19)11-12-23(20,5)6/h14-16H,7-13H2,1-6H3,(H,24,25). The summed E-state index contributed by atoms with van der Waals surface area (Å²) in [6.07, 6.45) is 7.40. The Kier molecular flexibility index (Phi) is 5.01. The van der Waals surface area contributed by atoms with E-state index in [0.717, 1.165) is 13.0 Å². The molecule has 0 saturated carbocycles. The molecular formula is C23H36N2. The number of nitrogens with one attached hydrogen (secondary N) is 1. The normalized spacial score (nSPS) is 21.3. The van der Waals surface area contributed by atoms with Crippen LogP contribution >= 0.6 is 0 Å². The summed E-state index contributed by atoms with van der Waals surface area (Å²) in [6, 6.07) is 5.29. The third-order valence-corrected chi connectivity index (χ3v) is 6.10. The van der Waals surface area contributed by atoms with Crippen LogP contribution in [0, 0.1) is 0 Å². The zero-order valence-electron chi connectivity index (χ0n) is 17.1. The fourth-order valence-corrected chi connectivity index (χ4v) is 4.29. The molecule has 1 heterocycles. The lowest BCUT2D eigenvalue weighted by Gasteiger charge is -2.28. The molecule has 0 saturated heterocycles. The maximum atomic E-state index is 4.79. The number of nitrogens with zero attached hydrogens (tertiary/aromatic N) is 1. The minimum Gasteiger partial charge on any atom is -0.367 e. The Hall–Kier alpha value is -1.31. The number of aliphatic imine (C=N–C) groups is 1. The van der Waals surface area contributed by atoms with Crippen LogP contribution in [-0.2, 0) is 17.3 Å². The molecule has 0 spiro atoms. The molecule has 1 aliphatic carbocycles. The van der Waals surface area contributed by atoms with E-state index in [0.29, 0.717) is 11.5 Å².